The zero-order valence-electron chi connectivity index (χ0n) is 18.6. The highest BCUT2D eigenvalue weighted by Gasteiger charge is 2.27. The van der Waals surface area contributed by atoms with Crippen molar-refractivity contribution in [3.63, 3.8) is 0 Å². The molecule has 0 saturated carbocycles. The molecular weight excluding hydrogens is 408 g/mol. The SMILES string of the molecule is Cc1ccc(S(=O)(=O)N(CC(=O)Nc2ccc(C)c(C)c2)c2ccc(C)c(C)c2)cc1. The predicted octanol–water partition coefficient (Wildman–Crippen LogP) is 5.06. The molecule has 3 aromatic rings. The van der Waals surface area contributed by atoms with Gasteiger partial charge in [0.1, 0.15) is 6.54 Å². The molecule has 0 bridgehead atoms. The standard InChI is InChI=1S/C25H28N2O3S/c1-17-6-12-24(13-7-17)31(29,30)27(23-11-9-19(3)21(5)15-23)16-25(28)26-22-10-8-18(2)20(4)14-22/h6-15H,16H2,1-5H3,(H,26,28). The van der Waals surface area contributed by atoms with Gasteiger partial charge in [0, 0.05) is 5.69 Å². The summed E-state index contributed by atoms with van der Waals surface area (Å²) in [6.07, 6.45) is 0. The summed E-state index contributed by atoms with van der Waals surface area (Å²) in [4.78, 5) is 13.0. The minimum Gasteiger partial charge on any atom is -0.325 e. The summed E-state index contributed by atoms with van der Waals surface area (Å²) in [5.41, 5.74) is 6.24. The molecule has 0 aliphatic rings. The Kier molecular flexibility index (Phi) is 6.51. The van der Waals surface area contributed by atoms with Crippen LogP contribution >= 0.6 is 0 Å². The summed E-state index contributed by atoms with van der Waals surface area (Å²) >= 11 is 0. The van der Waals surface area contributed by atoms with Gasteiger partial charge < -0.3 is 5.32 Å². The van der Waals surface area contributed by atoms with Crippen molar-refractivity contribution >= 4 is 27.3 Å². The topological polar surface area (TPSA) is 66.5 Å². The van der Waals surface area contributed by atoms with Crippen LogP contribution in [0.15, 0.2) is 65.6 Å². The Morgan fingerprint density at radius 1 is 0.774 bits per heavy atom. The van der Waals surface area contributed by atoms with Crippen LogP contribution in [0.2, 0.25) is 0 Å². The quantitative estimate of drug-likeness (QED) is 0.587. The molecule has 0 spiro atoms. The van der Waals surface area contributed by atoms with Crippen LogP contribution in [0.25, 0.3) is 0 Å². The molecule has 0 aromatic heterocycles. The van der Waals surface area contributed by atoms with Crippen molar-refractivity contribution in [1.29, 1.82) is 0 Å². The van der Waals surface area contributed by atoms with E-state index in [0.29, 0.717) is 11.4 Å². The number of nitrogens with zero attached hydrogens (tertiary/aromatic N) is 1. The molecule has 1 N–H and O–H groups in total. The van der Waals surface area contributed by atoms with Crippen LogP contribution in [0.5, 0.6) is 0 Å². The molecule has 31 heavy (non-hydrogen) atoms. The molecule has 1 amide bonds. The number of hydrogen-bond donors (Lipinski definition) is 1. The van der Waals surface area contributed by atoms with E-state index in [2.05, 4.69) is 5.32 Å². The number of benzene rings is 3. The lowest BCUT2D eigenvalue weighted by Crippen LogP contribution is -2.38. The first-order valence-electron chi connectivity index (χ1n) is 10.1. The average molecular weight is 437 g/mol. The van der Waals surface area contributed by atoms with Gasteiger partial charge in [0.2, 0.25) is 5.91 Å². The van der Waals surface area contributed by atoms with Crippen LogP contribution in [0.1, 0.15) is 27.8 Å². The Balaban J connectivity index is 1.97. The van der Waals surface area contributed by atoms with E-state index in [0.717, 1.165) is 27.8 Å². The normalized spacial score (nSPS) is 11.3. The number of sulfonamides is 1. The maximum atomic E-state index is 13.5. The lowest BCUT2D eigenvalue weighted by atomic mass is 10.1. The van der Waals surface area contributed by atoms with Gasteiger partial charge in [0.15, 0.2) is 0 Å². The number of carbonyl (C=O) groups excluding carboxylic acids is 1. The average Bonchev–Trinajstić information content (AvgIpc) is 2.71. The van der Waals surface area contributed by atoms with Gasteiger partial charge in [-0.25, -0.2) is 8.42 Å². The molecule has 0 heterocycles. The number of amides is 1. The number of hydrogen-bond acceptors (Lipinski definition) is 3. The van der Waals surface area contributed by atoms with Crippen molar-refractivity contribution in [2.45, 2.75) is 39.5 Å². The molecule has 0 radical (unpaired) electrons. The molecule has 162 valence electrons. The Morgan fingerprint density at radius 3 is 1.94 bits per heavy atom. The van der Waals surface area contributed by atoms with Gasteiger partial charge in [-0.2, -0.15) is 0 Å². The summed E-state index contributed by atoms with van der Waals surface area (Å²) in [6, 6.07) is 17.7. The van der Waals surface area contributed by atoms with Gasteiger partial charge in [-0.15, -0.1) is 0 Å². The van der Waals surface area contributed by atoms with E-state index in [-0.39, 0.29) is 11.4 Å². The third-order valence-corrected chi connectivity index (χ3v) is 7.25. The molecule has 0 aliphatic heterocycles. The molecule has 3 rings (SSSR count). The van der Waals surface area contributed by atoms with Crippen molar-refractivity contribution in [2.24, 2.45) is 0 Å². The van der Waals surface area contributed by atoms with Crippen molar-refractivity contribution in [1.82, 2.24) is 0 Å². The van der Waals surface area contributed by atoms with E-state index in [1.807, 2.05) is 58.9 Å². The lowest BCUT2D eigenvalue weighted by Gasteiger charge is -2.25. The van der Waals surface area contributed by atoms with Crippen LogP contribution in [0.3, 0.4) is 0 Å². The van der Waals surface area contributed by atoms with Crippen LogP contribution in [0, 0.1) is 34.6 Å². The second-order valence-electron chi connectivity index (χ2n) is 7.94. The molecule has 3 aromatic carbocycles. The maximum Gasteiger partial charge on any atom is 0.264 e. The molecule has 0 unspecified atom stereocenters. The summed E-state index contributed by atoms with van der Waals surface area (Å²) < 4.78 is 28.1. The number of rotatable bonds is 6. The summed E-state index contributed by atoms with van der Waals surface area (Å²) in [5, 5.41) is 2.82. The fourth-order valence-corrected chi connectivity index (χ4v) is 4.60. The second-order valence-corrected chi connectivity index (χ2v) is 9.80. The second kappa shape index (κ2) is 8.94. The minimum absolute atomic E-state index is 0.148. The van der Waals surface area contributed by atoms with Gasteiger partial charge >= 0.3 is 0 Å². The van der Waals surface area contributed by atoms with Gasteiger partial charge in [-0.3, -0.25) is 9.10 Å². The third kappa shape index (κ3) is 5.14. The molecular formula is C25H28N2O3S. The molecule has 0 fully saturated rings. The third-order valence-electron chi connectivity index (χ3n) is 5.47. The van der Waals surface area contributed by atoms with E-state index >= 15 is 0 Å². The molecule has 0 aliphatic carbocycles. The molecule has 0 saturated heterocycles. The predicted molar refractivity (Wildman–Crippen MR) is 126 cm³/mol. The first kappa shape index (κ1) is 22.6. The van der Waals surface area contributed by atoms with Crippen molar-refractivity contribution < 1.29 is 13.2 Å². The Bertz CT molecular complexity index is 1220. The van der Waals surface area contributed by atoms with Crippen LogP contribution in [0.4, 0.5) is 11.4 Å². The number of carbonyl (C=O) groups is 1. The fourth-order valence-electron chi connectivity index (χ4n) is 3.18. The van der Waals surface area contributed by atoms with Crippen molar-refractivity contribution in [2.75, 3.05) is 16.2 Å². The van der Waals surface area contributed by atoms with E-state index in [1.54, 1.807) is 36.4 Å². The van der Waals surface area contributed by atoms with E-state index in [9.17, 15) is 13.2 Å². The molecule has 0 atom stereocenters. The zero-order valence-corrected chi connectivity index (χ0v) is 19.4. The van der Waals surface area contributed by atoms with Gasteiger partial charge in [0.25, 0.3) is 10.0 Å². The number of aryl methyl sites for hydroxylation is 5. The zero-order chi connectivity index (χ0) is 22.8. The highest BCUT2D eigenvalue weighted by Crippen LogP contribution is 2.26. The Labute approximate surface area is 184 Å². The first-order chi connectivity index (χ1) is 14.6. The highest BCUT2D eigenvalue weighted by atomic mass is 32.2. The smallest absolute Gasteiger partial charge is 0.264 e. The monoisotopic (exact) mass is 436 g/mol. The number of nitrogens with one attached hydrogen (secondary N) is 1. The maximum absolute atomic E-state index is 13.5. The Hall–Kier alpha value is -3.12. The summed E-state index contributed by atoms with van der Waals surface area (Å²) in [7, 11) is -3.93. The summed E-state index contributed by atoms with van der Waals surface area (Å²) in [6.45, 7) is 9.42. The van der Waals surface area contributed by atoms with Gasteiger partial charge in [-0.1, -0.05) is 29.8 Å². The number of anilines is 2. The lowest BCUT2D eigenvalue weighted by molar-refractivity contribution is -0.114. The minimum atomic E-state index is -3.93. The largest absolute Gasteiger partial charge is 0.325 e. The summed E-state index contributed by atoms with van der Waals surface area (Å²) in [5.74, 6) is -0.405. The van der Waals surface area contributed by atoms with Crippen molar-refractivity contribution in [3.05, 3.63) is 88.5 Å². The van der Waals surface area contributed by atoms with Gasteiger partial charge in [-0.05, 0) is 93.3 Å². The van der Waals surface area contributed by atoms with E-state index in [1.165, 1.54) is 4.31 Å². The first-order valence-corrected chi connectivity index (χ1v) is 11.6. The molecule has 5 nitrogen and oxygen atoms in total. The molecule has 6 heteroatoms. The van der Waals surface area contributed by atoms with Crippen LogP contribution < -0.4 is 9.62 Å². The highest BCUT2D eigenvalue weighted by molar-refractivity contribution is 7.92. The van der Waals surface area contributed by atoms with Crippen molar-refractivity contribution in [3.8, 4) is 0 Å². The Morgan fingerprint density at radius 2 is 1.35 bits per heavy atom. The van der Waals surface area contributed by atoms with Crippen LogP contribution in [-0.4, -0.2) is 20.9 Å². The van der Waals surface area contributed by atoms with Gasteiger partial charge in [0.05, 0.1) is 10.6 Å². The van der Waals surface area contributed by atoms with E-state index < -0.39 is 15.9 Å². The fraction of sp³-hybridized carbons (Fsp3) is 0.240. The van der Waals surface area contributed by atoms with E-state index in [4.69, 9.17) is 0 Å². The van der Waals surface area contributed by atoms with Crippen LogP contribution in [-0.2, 0) is 14.8 Å².